The summed E-state index contributed by atoms with van der Waals surface area (Å²) in [6, 6.07) is 0.437. The van der Waals surface area contributed by atoms with E-state index < -0.39 is 0 Å². The SMILES string of the molecule is CC(CCC1CCCCC1)Nc1nccn2ncc(Br)c12. The Morgan fingerprint density at radius 2 is 2.19 bits per heavy atom. The number of hydrogen-bond donors (Lipinski definition) is 1. The van der Waals surface area contributed by atoms with Crippen molar-refractivity contribution in [3.8, 4) is 0 Å². The second-order valence-corrected chi connectivity index (χ2v) is 7.04. The highest BCUT2D eigenvalue weighted by molar-refractivity contribution is 9.10. The predicted molar refractivity (Wildman–Crippen MR) is 89.6 cm³/mol. The van der Waals surface area contributed by atoms with E-state index in [4.69, 9.17) is 0 Å². The van der Waals surface area contributed by atoms with Crippen molar-refractivity contribution in [3.63, 3.8) is 0 Å². The first-order valence-electron chi connectivity index (χ1n) is 7.98. The monoisotopic (exact) mass is 350 g/mol. The lowest BCUT2D eigenvalue weighted by Crippen LogP contribution is -2.19. The summed E-state index contributed by atoms with van der Waals surface area (Å²) in [5.74, 6) is 1.85. The molecule has 0 amide bonds. The Labute approximate surface area is 134 Å². The Morgan fingerprint density at radius 1 is 1.38 bits per heavy atom. The first-order valence-corrected chi connectivity index (χ1v) is 8.77. The van der Waals surface area contributed by atoms with Crippen LogP contribution in [0, 0.1) is 5.92 Å². The van der Waals surface area contributed by atoms with E-state index in [1.54, 1.807) is 6.20 Å². The molecule has 1 saturated carbocycles. The molecule has 114 valence electrons. The zero-order valence-corrected chi connectivity index (χ0v) is 14.1. The highest BCUT2D eigenvalue weighted by atomic mass is 79.9. The van der Waals surface area contributed by atoms with Gasteiger partial charge in [0, 0.05) is 18.4 Å². The molecule has 0 bridgehead atoms. The zero-order chi connectivity index (χ0) is 14.7. The molecule has 0 aliphatic heterocycles. The van der Waals surface area contributed by atoms with E-state index in [2.05, 4.69) is 38.3 Å². The van der Waals surface area contributed by atoms with Gasteiger partial charge >= 0.3 is 0 Å². The minimum absolute atomic E-state index is 0.437. The van der Waals surface area contributed by atoms with Crippen molar-refractivity contribution in [2.24, 2.45) is 5.92 Å². The van der Waals surface area contributed by atoms with E-state index in [1.807, 2.05) is 16.9 Å². The lowest BCUT2D eigenvalue weighted by Gasteiger charge is -2.23. The topological polar surface area (TPSA) is 42.2 Å². The molecule has 4 nitrogen and oxygen atoms in total. The largest absolute Gasteiger partial charge is 0.366 e. The van der Waals surface area contributed by atoms with Crippen LogP contribution in [0.15, 0.2) is 23.1 Å². The van der Waals surface area contributed by atoms with Crippen molar-refractivity contribution in [2.75, 3.05) is 5.32 Å². The van der Waals surface area contributed by atoms with Gasteiger partial charge in [-0.05, 0) is 41.6 Å². The Morgan fingerprint density at radius 3 is 3.00 bits per heavy atom. The van der Waals surface area contributed by atoms with Crippen molar-refractivity contribution in [1.82, 2.24) is 14.6 Å². The van der Waals surface area contributed by atoms with Crippen LogP contribution in [0.25, 0.3) is 5.52 Å². The molecule has 0 radical (unpaired) electrons. The Kier molecular flexibility index (Phi) is 4.78. The number of rotatable bonds is 5. The fourth-order valence-corrected chi connectivity index (χ4v) is 3.74. The molecule has 2 heterocycles. The van der Waals surface area contributed by atoms with Crippen LogP contribution in [0.3, 0.4) is 0 Å². The van der Waals surface area contributed by atoms with Gasteiger partial charge < -0.3 is 5.32 Å². The van der Waals surface area contributed by atoms with Crippen molar-refractivity contribution in [1.29, 1.82) is 0 Å². The second-order valence-electron chi connectivity index (χ2n) is 6.19. The number of fused-ring (bicyclic) bond motifs is 1. The first-order chi connectivity index (χ1) is 10.2. The van der Waals surface area contributed by atoms with Gasteiger partial charge in [0.1, 0.15) is 5.52 Å². The third kappa shape index (κ3) is 3.57. The maximum Gasteiger partial charge on any atom is 0.153 e. The fraction of sp³-hybridized carbons (Fsp3) is 0.625. The maximum absolute atomic E-state index is 4.47. The molecule has 2 aromatic heterocycles. The van der Waals surface area contributed by atoms with Crippen molar-refractivity contribution in [3.05, 3.63) is 23.1 Å². The molecule has 1 aliphatic rings. The molecule has 1 unspecified atom stereocenters. The summed E-state index contributed by atoms with van der Waals surface area (Å²) in [6.45, 7) is 2.25. The van der Waals surface area contributed by atoms with Crippen LogP contribution in [0.5, 0.6) is 0 Å². The van der Waals surface area contributed by atoms with Crippen LogP contribution in [-0.4, -0.2) is 20.6 Å². The number of anilines is 1. The van der Waals surface area contributed by atoms with Crippen LogP contribution in [0.1, 0.15) is 51.9 Å². The number of aromatic nitrogens is 3. The fourth-order valence-electron chi connectivity index (χ4n) is 3.28. The van der Waals surface area contributed by atoms with Gasteiger partial charge in [-0.3, -0.25) is 0 Å². The molecule has 0 spiro atoms. The summed E-state index contributed by atoms with van der Waals surface area (Å²) in [5, 5.41) is 7.84. The van der Waals surface area contributed by atoms with Crippen molar-refractivity contribution >= 4 is 27.3 Å². The minimum atomic E-state index is 0.437. The molecule has 0 saturated heterocycles. The number of nitrogens with zero attached hydrogens (tertiary/aromatic N) is 3. The van der Waals surface area contributed by atoms with Gasteiger partial charge in [-0.15, -0.1) is 0 Å². The molecule has 21 heavy (non-hydrogen) atoms. The number of nitrogens with one attached hydrogen (secondary N) is 1. The van der Waals surface area contributed by atoms with E-state index in [0.717, 1.165) is 21.7 Å². The molecular formula is C16H23BrN4. The standard InChI is InChI=1S/C16H23BrN4/c1-12(7-8-13-5-3-2-4-6-13)20-16-15-14(17)11-19-21(15)10-9-18-16/h9-13H,2-8H2,1H3,(H,18,20). The molecule has 3 rings (SSSR count). The first kappa shape index (κ1) is 14.8. The lowest BCUT2D eigenvalue weighted by atomic mass is 9.85. The highest BCUT2D eigenvalue weighted by Crippen LogP contribution is 2.29. The quantitative estimate of drug-likeness (QED) is 0.852. The van der Waals surface area contributed by atoms with Crippen LogP contribution < -0.4 is 5.32 Å². The molecule has 5 heteroatoms. The van der Waals surface area contributed by atoms with Gasteiger partial charge in [-0.1, -0.05) is 32.1 Å². The van der Waals surface area contributed by atoms with E-state index >= 15 is 0 Å². The molecule has 1 N–H and O–H groups in total. The Bertz CT molecular complexity index is 589. The molecule has 1 atom stereocenters. The predicted octanol–water partition coefficient (Wildman–Crippen LogP) is 4.65. The van der Waals surface area contributed by atoms with Crippen LogP contribution in [-0.2, 0) is 0 Å². The van der Waals surface area contributed by atoms with Crippen LogP contribution in [0.4, 0.5) is 5.82 Å². The lowest BCUT2D eigenvalue weighted by molar-refractivity contribution is 0.328. The van der Waals surface area contributed by atoms with E-state index in [9.17, 15) is 0 Å². The van der Waals surface area contributed by atoms with E-state index in [-0.39, 0.29) is 0 Å². The Hall–Kier alpha value is -1.10. The summed E-state index contributed by atoms with van der Waals surface area (Å²) < 4.78 is 2.84. The molecular weight excluding hydrogens is 328 g/mol. The van der Waals surface area contributed by atoms with Gasteiger partial charge in [0.15, 0.2) is 5.82 Å². The second kappa shape index (κ2) is 6.77. The molecule has 1 aliphatic carbocycles. The molecule has 1 fully saturated rings. The van der Waals surface area contributed by atoms with Gasteiger partial charge in [-0.2, -0.15) is 5.10 Å². The summed E-state index contributed by atoms with van der Waals surface area (Å²) in [6.07, 6.45) is 15.2. The van der Waals surface area contributed by atoms with Crippen molar-refractivity contribution in [2.45, 2.75) is 57.9 Å². The Balaban J connectivity index is 1.60. The van der Waals surface area contributed by atoms with Gasteiger partial charge in [0.2, 0.25) is 0 Å². The number of halogens is 1. The van der Waals surface area contributed by atoms with Gasteiger partial charge in [-0.25, -0.2) is 9.50 Å². The third-order valence-electron chi connectivity index (χ3n) is 4.50. The molecule has 2 aromatic rings. The van der Waals surface area contributed by atoms with Crippen LogP contribution >= 0.6 is 15.9 Å². The average Bonchev–Trinajstić information content (AvgIpc) is 2.89. The normalized spacial score (nSPS) is 18.0. The van der Waals surface area contributed by atoms with Gasteiger partial charge in [0.05, 0.1) is 10.7 Å². The van der Waals surface area contributed by atoms with Gasteiger partial charge in [0.25, 0.3) is 0 Å². The van der Waals surface area contributed by atoms with Crippen molar-refractivity contribution < 1.29 is 0 Å². The smallest absolute Gasteiger partial charge is 0.153 e. The van der Waals surface area contributed by atoms with E-state index in [1.165, 1.54) is 44.9 Å². The summed E-state index contributed by atoms with van der Waals surface area (Å²) >= 11 is 3.55. The summed E-state index contributed by atoms with van der Waals surface area (Å²) in [4.78, 5) is 4.47. The average molecular weight is 351 g/mol. The van der Waals surface area contributed by atoms with E-state index in [0.29, 0.717) is 6.04 Å². The van der Waals surface area contributed by atoms with Crippen LogP contribution in [0.2, 0.25) is 0 Å². The third-order valence-corrected chi connectivity index (χ3v) is 5.08. The minimum Gasteiger partial charge on any atom is -0.366 e. The highest BCUT2D eigenvalue weighted by Gasteiger charge is 2.16. The number of hydrogen-bond acceptors (Lipinski definition) is 3. The zero-order valence-electron chi connectivity index (χ0n) is 12.6. The summed E-state index contributed by atoms with van der Waals surface area (Å²) in [5.41, 5.74) is 1.02. The summed E-state index contributed by atoms with van der Waals surface area (Å²) in [7, 11) is 0. The maximum atomic E-state index is 4.47. The molecule has 0 aromatic carbocycles.